The molecule has 0 unspecified atom stereocenters. The zero-order valence-electron chi connectivity index (χ0n) is 10.1. The molecule has 0 saturated heterocycles. The highest BCUT2D eigenvalue weighted by Crippen LogP contribution is 2.29. The van der Waals surface area contributed by atoms with Gasteiger partial charge in [0.1, 0.15) is 0 Å². The van der Waals surface area contributed by atoms with Crippen LogP contribution in [0.4, 0.5) is 0 Å². The maximum Gasteiger partial charge on any atom is 0.356 e. The molecule has 0 aliphatic rings. The zero-order valence-corrected chi connectivity index (χ0v) is 10.9. The first-order chi connectivity index (χ1) is 8.06. The highest BCUT2D eigenvalue weighted by atomic mass is 35.5. The van der Waals surface area contributed by atoms with Crippen LogP contribution >= 0.6 is 11.6 Å². The van der Waals surface area contributed by atoms with Crippen LogP contribution in [0.25, 0.3) is 0 Å². The lowest BCUT2D eigenvalue weighted by molar-refractivity contribution is -0.106. The Hall–Kier alpha value is -1.17. The van der Waals surface area contributed by atoms with Gasteiger partial charge in [0.25, 0.3) is 0 Å². The Balaban J connectivity index is 3.23. The van der Waals surface area contributed by atoms with Crippen LogP contribution in [0.2, 0.25) is 5.02 Å². The Morgan fingerprint density at radius 1 is 1.35 bits per heavy atom. The first-order valence-electron chi connectivity index (χ1n) is 4.85. The molecule has 6 heteroatoms. The van der Waals surface area contributed by atoms with E-state index in [1.54, 1.807) is 6.92 Å². The summed E-state index contributed by atoms with van der Waals surface area (Å²) in [5.74, 6) is -0.526. The number of methoxy groups -OCH3 is 3. The summed E-state index contributed by atoms with van der Waals surface area (Å²) in [4.78, 5) is 15.4. The molecule has 0 aliphatic carbocycles. The number of rotatable bonds is 4. The number of carbonyl (C=O) groups is 1. The molecular weight excluding hydrogens is 246 g/mol. The quantitative estimate of drug-likeness (QED) is 0.612. The van der Waals surface area contributed by atoms with Gasteiger partial charge in [0.05, 0.1) is 12.1 Å². The lowest BCUT2D eigenvalue weighted by Crippen LogP contribution is -2.11. The monoisotopic (exact) mass is 259 g/mol. The van der Waals surface area contributed by atoms with Gasteiger partial charge in [0, 0.05) is 31.5 Å². The van der Waals surface area contributed by atoms with E-state index in [1.165, 1.54) is 27.5 Å². The van der Waals surface area contributed by atoms with Gasteiger partial charge in [-0.2, -0.15) is 0 Å². The van der Waals surface area contributed by atoms with Crippen molar-refractivity contribution in [2.45, 2.75) is 13.2 Å². The SMILES string of the molecule is COC(=O)c1ncc(C(OC)OC)c(Cl)c1C. The molecule has 0 amide bonds. The molecular formula is C11H14ClNO4. The van der Waals surface area contributed by atoms with Crippen molar-refractivity contribution in [3.05, 3.63) is 28.0 Å². The van der Waals surface area contributed by atoms with Crippen LogP contribution < -0.4 is 0 Å². The number of esters is 1. The summed E-state index contributed by atoms with van der Waals surface area (Å²) in [6.45, 7) is 1.69. The van der Waals surface area contributed by atoms with E-state index in [0.29, 0.717) is 16.1 Å². The average Bonchev–Trinajstić information content (AvgIpc) is 2.35. The summed E-state index contributed by atoms with van der Waals surface area (Å²) in [6.07, 6.45) is 0.833. The molecule has 94 valence electrons. The second-order valence-electron chi connectivity index (χ2n) is 3.30. The molecule has 0 atom stereocenters. The fourth-order valence-corrected chi connectivity index (χ4v) is 1.65. The minimum absolute atomic E-state index is 0.187. The topological polar surface area (TPSA) is 57.7 Å². The Morgan fingerprint density at radius 2 is 1.94 bits per heavy atom. The van der Waals surface area contributed by atoms with Crippen molar-refractivity contribution in [2.75, 3.05) is 21.3 Å². The van der Waals surface area contributed by atoms with E-state index < -0.39 is 12.3 Å². The van der Waals surface area contributed by atoms with Gasteiger partial charge in [-0.3, -0.25) is 0 Å². The third-order valence-corrected chi connectivity index (χ3v) is 2.83. The number of halogens is 1. The van der Waals surface area contributed by atoms with E-state index in [1.807, 2.05) is 0 Å². The molecule has 0 aliphatic heterocycles. The van der Waals surface area contributed by atoms with Gasteiger partial charge in [0.15, 0.2) is 12.0 Å². The second kappa shape index (κ2) is 5.95. The number of pyridine rings is 1. The van der Waals surface area contributed by atoms with Crippen molar-refractivity contribution in [3.63, 3.8) is 0 Å². The van der Waals surface area contributed by atoms with Gasteiger partial charge in [-0.05, 0) is 6.92 Å². The smallest absolute Gasteiger partial charge is 0.356 e. The average molecular weight is 260 g/mol. The summed E-state index contributed by atoms with van der Waals surface area (Å²) < 4.78 is 14.8. The first kappa shape index (κ1) is 13.9. The van der Waals surface area contributed by atoms with Gasteiger partial charge in [-0.25, -0.2) is 9.78 Å². The van der Waals surface area contributed by atoms with Gasteiger partial charge in [0.2, 0.25) is 0 Å². The third-order valence-electron chi connectivity index (χ3n) is 2.33. The summed E-state index contributed by atoms with van der Waals surface area (Å²) in [5.41, 5.74) is 1.30. The molecule has 1 aromatic heterocycles. The van der Waals surface area contributed by atoms with Crippen LogP contribution in [-0.4, -0.2) is 32.3 Å². The number of hydrogen-bond acceptors (Lipinski definition) is 5. The number of carbonyl (C=O) groups excluding carboxylic acids is 1. The van der Waals surface area contributed by atoms with Crippen LogP contribution in [0.15, 0.2) is 6.20 Å². The Bertz CT molecular complexity index is 418. The molecule has 0 saturated carbocycles. The highest BCUT2D eigenvalue weighted by Gasteiger charge is 2.20. The standard InChI is InChI=1S/C11H14ClNO4/c1-6-8(12)7(11(16-3)17-4)5-13-9(6)10(14)15-2/h5,11H,1-4H3. The van der Waals surface area contributed by atoms with Crippen molar-refractivity contribution in [2.24, 2.45) is 0 Å². The van der Waals surface area contributed by atoms with E-state index in [0.717, 1.165) is 0 Å². The first-order valence-corrected chi connectivity index (χ1v) is 5.23. The molecule has 0 N–H and O–H groups in total. The van der Waals surface area contributed by atoms with E-state index in [4.69, 9.17) is 21.1 Å². The van der Waals surface area contributed by atoms with Crippen molar-refractivity contribution in [3.8, 4) is 0 Å². The van der Waals surface area contributed by atoms with Crippen molar-refractivity contribution >= 4 is 17.6 Å². The minimum atomic E-state index is -0.611. The van der Waals surface area contributed by atoms with Crippen molar-refractivity contribution in [1.82, 2.24) is 4.98 Å². The predicted octanol–water partition coefficient (Wildman–Crippen LogP) is 2.12. The van der Waals surface area contributed by atoms with Gasteiger partial charge in [-0.15, -0.1) is 0 Å². The van der Waals surface area contributed by atoms with Gasteiger partial charge in [-0.1, -0.05) is 11.6 Å². The van der Waals surface area contributed by atoms with E-state index >= 15 is 0 Å². The summed E-state index contributed by atoms with van der Waals surface area (Å²) >= 11 is 6.14. The Kier molecular flexibility index (Phi) is 4.86. The maximum absolute atomic E-state index is 11.4. The Morgan fingerprint density at radius 3 is 2.41 bits per heavy atom. The summed E-state index contributed by atoms with van der Waals surface area (Å²) in [5, 5.41) is 0.383. The van der Waals surface area contributed by atoms with Gasteiger partial charge < -0.3 is 14.2 Å². The predicted molar refractivity (Wildman–Crippen MR) is 62.1 cm³/mol. The maximum atomic E-state index is 11.4. The molecule has 0 aromatic carbocycles. The van der Waals surface area contributed by atoms with Crippen LogP contribution in [0, 0.1) is 6.92 Å². The Labute approximate surface area is 105 Å². The second-order valence-corrected chi connectivity index (χ2v) is 3.67. The molecule has 1 aromatic rings. The largest absolute Gasteiger partial charge is 0.464 e. The molecule has 1 rings (SSSR count). The van der Waals surface area contributed by atoms with Crippen LogP contribution in [0.3, 0.4) is 0 Å². The molecule has 0 radical (unpaired) electrons. The van der Waals surface area contributed by atoms with Crippen molar-refractivity contribution in [1.29, 1.82) is 0 Å². The van der Waals surface area contributed by atoms with E-state index in [2.05, 4.69) is 9.72 Å². The third kappa shape index (κ3) is 2.74. The number of ether oxygens (including phenoxy) is 3. The van der Waals surface area contributed by atoms with E-state index in [-0.39, 0.29) is 5.69 Å². The fourth-order valence-electron chi connectivity index (χ4n) is 1.43. The highest BCUT2D eigenvalue weighted by molar-refractivity contribution is 6.32. The molecule has 0 bridgehead atoms. The summed E-state index contributed by atoms with van der Waals surface area (Å²) in [6, 6.07) is 0. The molecule has 1 heterocycles. The molecule has 0 fully saturated rings. The number of aromatic nitrogens is 1. The fraction of sp³-hybridized carbons (Fsp3) is 0.455. The minimum Gasteiger partial charge on any atom is -0.464 e. The van der Waals surface area contributed by atoms with E-state index in [9.17, 15) is 4.79 Å². The lowest BCUT2D eigenvalue weighted by Gasteiger charge is -2.16. The van der Waals surface area contributed by atoms with Crippen LogP contribution in [0.1, 0.15) is 27.9 Å². The number of nitrogens with zero attached hydrogens (tertiary/aromatic N) is 1. The molecule has 17 heavy (non-hydrogen) atoms. The number of hydrogen-bond donors (Lipinski definition) is 0. The summed E-state index contributed by atoms with van der Waals surface area (Å²) in [7, 11) is 4.28. The normalized spacial score (nSPS) is 10.7. The zero-order chi connectivity index (χ0) is 13.0. The molecule has 5 nitrogen and oxygen atoms in total. The van der Waals surface area contributed by atoms with Crippen LogP contribution in [0.5, 0.6) is 0 Å². The lowest BCUT2D eigenvalue weighted by atomic mass is 10.1. The molecule has 0 spiro atoms. The van der Waals surface area contributed by atoms with Crippen molar-refractivity contribution < 1.29 is 19.0 Å². The van der Waals surface area contributed by atoms with Gasteiger partial charge >= 0.3 is 5.97 Å². The van der Waals surface area contributed by atoms with Crippen LogP contribution in [-0.2, 0) is 14.2 Å².